The highest BCUT2D eigenvalue weighted by molar-refractivity contribution is 6.00. The van der Waals surface area contributed by atoms with Crippen molar-refractivity contribution in [2.45, 2.75) is 18.3 Å². The fourth-order valence-electron chi connectivity index (χ4n) is 9.46. The van der Waals surface area contributed by atoms with Gasteiger partial charge in [0.15, 0.2) is 5.82 Å². The predicted molar refractivity (Wildman–Crippen MR) is 226 cm³/mol. The monoisotopic (exact) mass is 700 g/mol. The van der Waals surface area contributed by atoms with E-state index in [0.717, 1.165) is 46.5 Å². The fourth-order valence-corrected chi connectivity index (χ4v) is 9.46. The molecule has 3 aliphatic rings. The summed E-state index contributed by atoms with van der Waals surface area (Å²) in [6.07, 6.45) is 6.90. The van der Waals surface area contributed by atoms with Crippen LogP contribution in [0.5, 0.6) is 0 Å². The summed E-state index contributed by atoms with van der Waals surface area (Å²) in [5, 5.41) is 0. The van der Waals surface area contributed by atoms with Gasteiger partial charge in [-0.2, -0.15) is 0 Å². The molecule has 55 heavy (non-hydrogen) atoms. The van der Waals surface area contributed by atoms with Gasteiger partial charge in [0.2, 0.25) is 0 Å². The third kappa shape index (κ3) is 4.88. The molecule has 7 aromatic carbocycles. The molecule has 2 heteroatoms. The van der Waals surface area contributed by atoms with Gasteiger partial charge in [-0.3, -0.25) is 0 Å². The van der Waals surface area contributed by atoms with Crippen LogP contribution in [0.2, 0.25) is 0 Å². The maximum absolute atomic E-state index is 5.12. The van der Waals surface area contributed by atoms with Gasteiger partial charge in [-0.25, -0.2) is 9.97 Å². The number of nitrogens with zero attached hydrogens (tertiary/aromatic N) is 2. The molecule has 0 amide bonds. The Morgan fingerprint density at radius 3 is 1.55 bits per heavy atom. The van der Waals surface area contributed by atoms with E-state index in [1.807, 2.05) is 12.1 Å². The van der Waals surface area contributed by atoms with Crippen LogP contribution in [-0.2, 0) is 5.41 Å². The largest absolute Gasteiger partial charge is 0.228 e. The van der Waals surface area contributed by atoms with E-state index in [0.29, 0.717) is 5.82 Å². The lowest BCUT2D eigenvalue weighted by molar-refractivity contribution is 0.780. The maximum Gasteiger partial charge on any atom is 0.160 e. The Labute approximate surface area is 321 Å². The number of rotatable bonds is 5. The molecule has 0 unspecified atom stereocenters. The number of aromatic nitrogens is 2. The highest BCUT2D eigenvalue weighted by atomic mass is 14.9. The molecule has 1 spiro atoms. The van der Waals surface area contributed by atoms with Crippen LogP contribution in [0, 0.1) is 0 Å². The average Bonchev–Trinajstić information content (AvgIpc) is 3.75. The van der Waals surface area contributed by atoms with E-state index in [1.54, 1.807) is 0 Å². The Morgan fingerprint density at radius 2 is 0.891 bits per heavy atom. The van der Waals surface area contributed by atoms with Crippen LogP contribution in [0.15, 0.2) is 200 Å². The van der Waals surface area contributed by atoms with E-state index in [4.69, 9.17) is 9.97 Å². The highest BCUT2D eigenvalue weighted by Crippen LogP contribution is 2.64. The number of allylic oxidation sites excluding steroid dienone is 4. The molecule has 0 fully saturated rings. The first kappa shape index (κ1) is 31.6. The fraction of sp³-hybridized carbons (Fsp3) is 0.0566. The van der Waals surface area contributed by atoms with Crippen molar-refractivity contribution in [3.8, 4) is 67.3 Å². The van der Waals surface area contributed by atoms with Crippen molar-refractivity contribution in [2.24, 2.45) is 0 Å². The first-order valence-electron chi connectivity index (χ1n) is 19.2. The molecule has 1 aromatic heterocycles. The van der Waals surface area contributed by atoms with Crippen LogP contribution >= 0.6 is 0 Å². The maximum atomic E-state index is 5.12. The van der Waals surface area contributed by atoms with Crippen molar-refractivity contribution in [3.05, 3.63) is 222 Å². The molecule has 0 saturated carbocycles. The lowest BCUT2D eigenvalue weighted by Crippen LogP contribution is -2.27. The van der Waals surface area contributed by atoms with E-state index in [-0.39, 0.29) is 5.41 Å². The first-order chi connectivity index (χ1) is 27.3. The second kappa shape index (κ2) is 12.6. The second-order valence-electron chi connectivity index (χ2n) is 14.8. The third-order valence-electron chi connectivity index (χ3n) is 11.8. The Balaban J connectivity index is 1.04. The zero-order valence-electron chi connectivity index (χ0n) is 30.3. The molecule has 0 saturated heterocycles. The molecule has 0 atom stereocenters. The smallest absolute Gasteiger partial charge is 0.160 e. The average molecular weight is 701 g/mol. The SMILES string of the molecule is C1=CC2=C(CC1)c1c(-c3cccc(-c4cccc(-c5nc(-c6ccccc6)cc(-c6ccccc6)n5)c4)c3)cccc1C21c2ccccc2-c2ccccc21. The van der Waals surface area contributed by atoms with Gasteiger partial charge in [-0.15, -0.1) is 0 Å². The summed E-state index contributed by atoms with van der Waals surface area (Å²) in [5.74, 6) is 0.714. The van der Waals surface area contributed by atoms with E-state index in [9.17, 15) is 0 Å². The Bertz CT molecular complexity index is 2760. The topological polar surface area (TPSA) is 25.8 Å². The molecule has 258 valence electrons. The molecule has 0 N–H and O–H groups in total. The van der Waals surface area contributed by atoms with Gasteiger partial charge in [-0.05, 0) is 97.8 Å². The number of fused-ring (bicyclic) bond motifs is 9. The van der Waals surface area contributed by atoms with E-state index in [2.05, 4.69) is 182 Å². The molecule has 0 radical (unpaired) electrons. The van der Waals surface area contributed by atoms with Crippen molar-refractivity contribution < 1.29 is 0 Å². The normalized spacial score (nSPS) is 14.4. The summed E-state index contributed by atoms with van der Waals surface area (Å²) in [6, 6.07) is 65.7. The molecule has 8 aromatic rings. The summed E-state index contributed by atoms with van der Waals surface area (Å²) in [7, 11) is 0. The molecule has 1 heterocycles. The van der Waals surface area contributed by atoms with Gasteiger partial charge >= 0.3 is 0 Å². The van der Waals surface area contributed by atoms with Crippen LogP contribution in [-0.4, -0.2) is 9.97 Å². The lowest BCUT2D eigenvalue weighted by Gasteiger charge is -2.32. The van der Waals surface area contributed by atoms with Crippen LogP contribution in [0.25, 0.3) is 72.9 Å². The Morgan fingerprint density at radius 1 is 0.400 bits per heavy atom. The number of hydrogen-bond donors (Lipinski definition) is 0. The van der Waals surface area contributed by atoms with Crippen LogP contribution < -0.4 is 0 Å². The van der Waals surface area contributed by atoms with Gasteiger partial charge in [0.25, 0.3) is 0 Å². The van der Waals surface area contributed by atoms with Crippen molar-refractivity contribution in [1.29, 1.82) is 0 Å². The van der Waals surface area contributed by atoms with Crippen molar-refractivity contribution >= 4 is 5.57 Å². The van der Waals surface area contributed by atoms with Gasteiger partial charge < -0.3 is 0 Å². The summed E-state index contributed by atoms with van der Waals surface area (Å²) < 4.78 is 0. The van der Waals surface area contributed by atoms with Crippen LogP contribution in [0.4, 0.5) is 0 Å². The van der Waals surface area contributed by atoms with Crippen molar-refractivity contribution in [2.75, 3.05) is 0 Å². The third-order valence-corrected chi connectivity index (χ3v) is 11.8. The van der Waals surface area contributed by atoms with Crippen LogP contribution in [0.1, 0.15) is 35.1 Å². The van der Waals surface area contributed by atoms with Crippen molar-refractivity contribution in [1.82, 2.24) is 9.97 Å². The van der Waals surface area contributed by atoms with E-state index in [1.165, 1.54) is 61.2 Å². The second-order valence-corrected chi connectivity index (χ2v) is 14.8. The van der Waals surface area contributed by atoms with Crippen LogP contribution in [0.3, 0.4) is 0 Å². The first-order valence-corrected chi connectivity index (χ1v) is 19.2. The highest BCUT2D eigenvalue weighted by Gasteiger charge is 2.52. The van der Waals surface area contributed by atoms with E-state index >= 15 is 0 Å². The summed E-state index contributed by atoms with van der Waals surface area (Å²) in [6.45, 7) is 0. The summed E-state index contributed by atoms with van der Waals surface area (Å²) >= 11 is 0. The molecular weight excluding hydrogens is 665 g/mol. The van der Waals surface area contributed by atoms with Gasteiger partial charge in [0.1, 0.15) is 0 Å². The summed E-state index contributed by atoms with van der Waals surface area (Å²) in [4.78, 5) is 10.2. The lowest BCUT2D eigenvalue weighted by atomic mass is 9.69. The molecule has 3 aliphatic carbocycles. The Kier molecular flexibility index (Phi) is 7.25. The van der Waals surface area contributed by atoms with Gasteiger partial charge in [0, 0.05) is 16.7 Å². The standard InChI is InChI=1S/C53H36N2/c1-3-16-35(17-4-1)49-34-50(36-18-5-2-6-19-36)55-52(54-49)40-23-14-21-38(33-40)37-20-13-22-39(32-37)41-27-15-31-48-51(41)44-26-9-12-30-47(44)53(48)45-28-10-7-24-42(45)43-25-8-11-29-46(43)53/h1-8,10-25,27-34H,9,26H2. The van der Waals surface area contributed by atoms with Gasteiger partial charge in [-0.1, -0.05) is 176 Å². The minimum Gasteiger partial charge on any atom is -0.228 e. The number of hydrogen-bond acceptors (Lipinski definition) is 2. The molecule has 0 bridgehead atoms. The van der Waals surface area contributed by atoms with Gasteiger partial charge in [0.05, 0.1) is 16.8 Å². The zero-order chi connectivity index (χ0) is 36.3. The minimum absolute atomic E-state index is 0.316. The van der Waals surface area contributed by atoms with E-state index < -0.39 is 0 Å². The zero-order valence-corrected chi connectivity index (χ0v) is 30.3. The minimum atomic E-state index is -0.316. The quantitative estimate of drug-likeness (QED) is 0.179. The molecule has 11 rings (SSSR count). The Hall–Kier alpha value is -6.90. The molecule has 2 nitrogen and oxygen atoms in total. The summed E-state index contributed by atoms with van der Waals surface area (Å²) in [5.41, 5.74) is 20.7. The molecule has 0 aliphatic heterocycles. The predicted octanol–water partition coefficient (Wildman–Crippen LogP) is 13.2. The molecular formula is C53H36N2. The van der Waals surface area contributed by atoms with Crippen molar-refractivity contribution in [3.63, 3.8) is 0 Å². The number of benzene rings is 7.